The van der Waals surface area contributed by atoms with Crippen LogP contribution in [0.1, 0.15) is 46.1 Å². The van der Waals surface area contributed by atoms with Gasteiger partial charge in [0, 0.05) is 40.8 Å². The quantitative estimate of drug-likeness (QED) is 0.255. The van der Waals surface area contributed by atoms with Crippen molar-refractivity contribution in [2.45, 2.75) is 76.8 Å². The largest absolute Gasteiger partial charge is 0.463 e. The van der Waals surface area contributed by atoms with Crippen molar-refractivity contribution in [2.24, 2.45) is 5.92 Å². The highest BCUT2D eigenvalue weighted by molar-refractivity contribution is 8.23. The minimum absolute atomic E-state index is 0.271. The second-order valence-electron chi connectivity index (χ2n) is 9.57. The molecule has 39 heavy (non-hydrogen) atoms. The van der Waals surface area contributed by atoms with Crippen molar-refractivity contribution in [3.8, 4) is 0 Å². The Labute approximate surface area is 238 Å². The molecule has 10 nitrogen and oxygen atoms in total. The molecule has 3 unspecified atom stereocenters. The van der Waals surface area contributed by atoms with Gasteiger partial charge in [-0.05, 0) is 30.7 Å². The molecule has 2 fully saturated rings. The molecule has 3 rings (SSSR count). The predicted molar refractivity (Wildman–Crippen MR) is 147 cm³/mol. The first-order chi connectivity index (χ1) is 18.5. The third-order valence-electron chi connectivity index (χ3n) is 6.41. The summed E-state index contributed by atoms with van der Waals surface area (Å²) in [4.78, 5) is 49.6. The molecule has 2 aliphatic heterocycles. The number of esters is 4. The number of nitrogens with zero attached hydrogens (tertiary/aromatic N) is 1. The number of benzene rings is 1. The molecule has 2 heterocycles. The predicted octanol–water partition coefficient (Wildman–Crippen LogP) is 3.04. The molecular formula is C27H35NO9S2. The van der Waals surface area contributed by atoms with Gasteiger partial charge in [0.2, 0.25) is 0 Å². The maximum atomic E-state index is 12.0. The number of likely N-dealkylation sites (tertiary alicyclic amines) is 1. The monoisotopic (exact) mass is 581 g/mol. The van der Waals surface area contributed by atoms with E-state index in [9.17, 15) is 19.2 Å². The summed E-state index contributed by atoms with van der Waals surface area (Å²) < 4.78 is 28.3. The summed E-state index contributed by atoms with van der Waals surface area (Å²) in [5.41, 5.74) is 0.394. The van der Waals surface area contributed by atoms with E-state index in [1.165, 1.54) is 33.3 Å². The van der Waals surface area contributed by atoms with Crippen LogP contribution in [0.25, 0.3) is 0 Å². The van der Waals surface area contributed by atoms with Crippen LogP contribution >= 0.6 is 24.0 Å². The van der Waals surface area contributed by atoms with Crippen molar-refractivity contribution in [2.75, 3.05) is 19.7 Å². The number of piperidine rings is 1. The number of thiocarbonyl (C=S) groups is 1. The van der Waals surface area contributed by atoms with E-state index in [2.05, 4.69) is 17.0 Å². The van der Waals surface area contributed by atoms with Crippen molar-refractivity contribution < 1.29 is 42.9 Å². The highest BCUT2D eigenvalue weighted by atomic mass is 32.2. The molecule has 1 aromatic carbocycles. The van der Waals surface area contributed by atoms with Crippen LogP contribution in [0.2, 0.25) is 0 Å². The van der Waals surface area contributed by atoms with Gasteiger partial charge in [0.1, 0.15) is 17.0 Å². The van der Waals surface area contributed by atoms with Crippen LogP contribution in [0.5, 0.6) is 0 Å². The summed E-state index contributed by atoms with van der Waals surface area (Å²) in [6, 6.07) is 10.4. The number of thioether (sulfide) groups is 1. The molecule has 214 valence electrons. The molecular weight excluding hydrogens is 546 g/mol. The second-order valence-corrected chi connectivity index (χ2v) is 11.3. The first-order valence-electron chi connectivity index (χ1n) is 12.8. The van der Waals surface area contributed by atoms with E-state index in [0.29, 0.717) is 10.2 Å². The number of carbonyl (C=O) groups is 4. The molecule has 0 saturated carbocycles. The number of ether oxygens (including phenoxy) is 5. The minimum atomic E-state index is -1.21. The normalized spacial score (nSPS) is 25.3. The zero-order chi connectivity index (χ0) is 28.5. The summed E-state index contributed by atoms with van der Waals surface area (Å²) in [5, 5.41) is 0. The average Bonchev–Trinajstić information content (AvgIpc) is 2.86. The molecule has 2 saturated heterocycles. The van der Waals surface area contributed by atoms with Crippen molar-refractivity contribution in [1.29, 1.82) is 0 Å². The summed E-state index contributed by atoms with van der Waals surface area (Å²) in [6.45, 7) is 6.08. The molecule has 0 N–H and O–H groups in total. The van der Waals surface area contributed by atoms with Crippen LogP contribution in [0, 0.1) is 5.92 Å². The maximum Gasteiger partial charge on any atom is 0.303 e. The first-order valence-corrected chi connectivity index (χ1v) is 14.1. The fourth-order valence-corrected chi connectivity index (χ4v) is 6.26. The number of hydrogen-bond donors (Lipinski definition) is 0. The van der Waals surface area contributed by atoms with Gasteiger partial charge < -0.3 is 28.6 Å². The minimum Gasteiger partial charge on any atom is -0.463 e. The van der Waals surface area contributed by atoms with E-state index in [1.807, 2.05) is 18.2 Å². The summed E-state index contributed by atoms with van der Waals surface area (Å²) in [6.07, 6.45) is -1.58. The van der Waals surface area contributed by atoms with Gasteiger partial charge in [-0.2, -0.15) is 0 Å². The molecule has 5 atom stereocenters. The van der Waals surface area contributed by atoms with Gasteiger partial charge in [-0.25, -0.2) is 0 Å². The average molecular weight is 582 g/mol. The molecule has 0 aromatic heterocycles. The van der Waals surface area contributed by atoms with Gasteiger partial charge in [-0.1, -0.05) is 54.3 Å². The van der Waals surface area contributed by atoms with Crippen molar-refractivity contribution >= 4 is 52.2 Å². The molecule has 0 radical (unpaired) electrons. The zero-order valence-electron chi connectivity index (χ0n) is 22.5. The Bertz CT molecular complexity index is 1030. The lowest BCUT2D eigenvalue weighted by molar-refractivity contribution is -0.237. The lowest BCUT2D eigenvalue weighted by atomic mass is 9.90. The summed E-state index contributed by atoms with van der Waals surface area (Å²) in [5.74, 6) is -2.00. The lowest BCUT2D eigenvalue weighted by Gasteiger charge is -2.44. The third-order valence-corrected chi connectivity index (χ3v) is 8.02. The topological polar surface area (TPSA) is 118 Å². The fraction of sp³-hybridized carbons (Fsp3) is 0.593. The standard InChI is InChI=1S/C27H35NO9S2/c1-16(29)33-15-22-23(34-17(2)30)24(35-18(3)31)25(36-19(4)32)26(37-22)39-27(38)28-12-10-21(11-13-28)14-20-8-6-5-7-9-20/h5-9,21-26H,10-15H2,1-4H3/t22?,23-,24?,25?,26+/m1/s1. The Hall–Kier alpha value is -2.70. The Morgan fingerprint density at radius 3 is 2.00 bits per heavy atom. The van der Waals surface area contributed by atoms with Gasteiger partial charge in [0.05, 0.1) is 0 Å². The molecule has 0 aliphatic carbocycles. The van der Waals surface area contributed by atoms with Crippen molar-refractivity contribution in [3.05, 3.63) is 35.9 Å². The highest BCUT2D eigenvalue weighted by Gasteiger charge is 2.53. The van der Waals surface area contributed by atoms with Crippen molar-refractivity contribution in [3.63, 3.8) is 0 Å². The Morgan fingerprint density at radius 1 is 0.872 bits per heavy atom. The van der Waals surface area contributed by atoms with E-state index in [0.717, 1.165) is 44.1 Å². The van der Waals surface area contributed by atoms with Crippen molar-refractivity contribution in [1.82, 2.24) is 4.90 Å². The van der Waals surface area contributed by atoms with Gasteiger partial charge in [0.15, 0.2) is 23.7 Å². The van der Waals surface area contributed by atoms with Crippen LogP contribution < -0.4 is 0 Å². The van der Waals surface area contributed by atoms with Gasteiger partial charge in [-0.15, -0.1) is 0 Å². The Kier molecular flexibility index (Phi) is 11.6. The second kappa shape index (κ2) is 14.6. The molecule has 12 heteroatoms. The smallest absolute Gasteiger partial charge is 0.303 e. The van der Waals surface area contributed by atoms with Gasteiger partial charge >= 0.3 is 23.9 Å². The molecule has 0 spiro atoms. The lowest BCUT2D eigenvalue weighted by Crippen LogP contribution is -2.62. The van der Waals surface area contributed by atoms with E-state index in [4.69, 9.17) is 35.9 Å². The molecule has 0 amide bonds. The maximum absolute atomic E-state index is 12.0. The summed E-state index contributed by atoms with van der Waals surface area (Å²) >= 11 is 6.91. The molecule has 1 aromatic rings. The zero-order valence-corrected chi connectivity index (χ0v) is 24.2. The van der Waals surface area contributed by atoms with Crippen LogP contribution in [0.15, 0.2) is 30.3 Å². The Morgan fingerprint density at radius 2 is 1.44 bits per heavy atom. The van der Waals surface area contributed by atoms with Crippen LogP contribution in [-0.2, 0) is 49.3 Å². The van der Waals surface area contributed by atoms with E-state index in [1.54, 1.807) is 0 Å². The Balaban J connectivity index is 1.75. The van der Waals surface area contributed by atoms with Crippen LogP contribution in [0.3, 0.4) is 0 Å². The third kappa shape index (κ3) is 9.47. The van der Waals surface area contributed by atoms with E-state index < -0.39 is 53.7 Å². The number of carbonyl (C=O) groups excluding carboxylic acids is 4. The van der Waals surface area contributed by atoms with E-state index in [-0.39, 0.29) is 6.61 Å². The fourth-order valence-electron chi connectivity index (χ4n) is 4.72. The first kappa shape index (κ1) is 30.8. The van der Waals surface area contributed by atoms with Crippen LogP contribution in [0.4, 0.5) is 0 Å². The van der Waals surface area contributed by atoms with Gasteiger partial charge in [-0.3, -0.25) is 19.2 Å². The molecule has 0 bridgehead atoms. The van der Waals surface area contributed by atoms with Gasteiger partial charge in [0.25, 0.3) is 0 Å². The van der Waals surface area contributed by atoms with Crippen LogP contribution in [-0.4, -0.2) is 82.6 Å². The SMILES string of the molecule is CC(=O)OCC1O[C@@H](SC(=S)N2CCC(Cc3ccccc3)CC2)C(OC(C)=O)C(OC(C)=O)[C@@H]1OC(C)=O. The highest BCUT2D eigenvalue weighted by Crippen LogP contribution is 2.36. The number of hydrogen-bond acceptors (Lipinski definition) is 11. The summed E-state index contributed by atoms with van der Waals surface area (Å²) in [7, 11) is 0. The van der Waals surface area contributed by atoms with E-state index >= 15 is 0 Å². The molecule has 2 aliphatic rings. The number of rotatable bonds is 8.